The van der Waals surface area contributed by atoms with Crippen LogP contribution in [0.5, 0.6) is 0 Å². The Bertz CT molecular complexity index is 674. The van der Waals surface area contributed by atoms with E-state index in [1.807, 2.05) is 31.2 Å². The van der Waals surface area contributed by atoms with Crippen LogP contribution in [-0.4, -0.2) is 44.7 Å². The third-order valence-electron chi connectivity index (χ3n) is 3.35. The van der Waals surface area contributed by atoms with Crippen molar-refractivity contribution in [3.05, 3.63) is 41.6 Å². The molecule has 2 rings (SSSR count). The van der Waals surface area contributed by atoms with Gasteiger partial charge in [0.1, 0.15) is 12.2 Å². The molecule has 2 N–H and O–H groups in total. The number of nitrogens with zero attached hydrogens (tertiary/aromatic N) is 2. The molecule has 0 atom stereocenters. The van der Waals surface area contributed by atoms with Gasteiger partial charge in [-0.1, -0.05) is 29.8 Å². The van der Waals surface area contributed by atoms with E-state index in [0.717, 1.165) is 11.1 Å². The van der Waals surface area contributed by atoms with Crippen LogP contribution in [0, 0.1) is 6.92 Å². The molecular weight excluding hydrogens is 282 g/mol. The monoisotopic (exact) mass is 301 g/mol. The van der Waals surface area contributed by atoms with Gasteiger partial charge >= 0.3 is 5.97 Å². The quantitative estimate of drug-likeness (QED) is 0.887. The van der Waals surface area contributed by atoms with E-state index in [9.17, 15) is 9.59 Å². The van der Waals surface area contributed by atoms with Crippen molar-refractivity contribution < 1.29 is 14.7 Å². The Balaban J connectivity index is 2.24. The maximum absolute atomic E-state index is 12.4. The highest BCUT2D eigenvalue weighted by Gasteiger charge is 2.23. The lowest BCUT2D eigenvalue weighted by atomic mass is 10.1. The average molecular weight is 301 g/mol. The van der Waals surface area contributed by atoms with E-state index in [2.05, 4.69) is 10.2 Å². The molecule has 0 aliphatic carbocycles. The Morgan fingerprint density at radius 3 is 2.45 bits per heavy atom. The number of nitrogens with one attached hydrogen (secondary N) is 1. The molecule has 0 radical (unpaired) electrons. The van der Waals surface area contributed by atoms with Crippen molar-refractivity contribution in [1.29, 1.82) is 0 Å². The topological polar surface area (TPSA) is 86.3 Å². The largest absolute Gasteiger partial charge is 0.480 e. The van der Waals surface area contributed by atoms with Crippen LogP contribution in [0.15, 0.2) is 30.3 Å². The Kier molecular flexibility index (Phi) is 4.60. The van der Waals surface area contributed by atoms with E-state index in [1.54, 1.807) is 19.9 Å². The van der Waals surface area contributed by atoms with E-state index in [4.69, 9.17) is 5.11 Å². The fourth-order valence-corrected chi connectivity index (χ4v) is 2.09. The number of carbonyl (C=O) groups excluding carboxylic acids is 1. The smallest absolute Gasteiger partial charge is 0.323 e. The zero-order valence-corrected chi connectivity index (χ0v) is 12.8. The Hall–Kier alpha value is -2.63. The molecular formula is C16H19N3O3. The number of aliphatic carboxylic acids is 1. The second kappa shape index (κ2) is 6.43. The molecule has 22 heavy (non-hydrogen) atoms. The Labute approximate surface area is 128 Å². The first-order valence-corrected chi connectivity index (χ1v) is 7.03. The number of hydrogen-bond donors (Lipinski definition) is 2. The van der Waals surface area contributed by atoms with Crippen molar-refractivity contribution in [2.24, 2.45) is 0 Å². The summed E-state index contributed by atoms with van der Waals surface area (Å²) in [5, 5.41) is 15.7. The van der Waals surface area contributed by atoms with E-state index in [0.29, 0.717) is 5.69 Å². The number of aromatic nitrogens is 2. The van der Waals surface area contributed by atoms with Crippen molar-refractivity contribution in [3.63, 3.8) is 0 Å². The number of aryl methyl sites for hydroxylation is 1. The van der Waals surface area contributed by atoms with Crippen molar-refractivity contribution in [1.82, 2.24) is 15.1 Å². The van der Waals surface area contributed by atoms with E-state index >= 15 is 0 Å². The molecule has 0 unspecified atom stereocenters. The van der Waals surface area contributed by atoms with Crippen molar-refractivity contribution in [2.45, 2.75) is 26.8 Å². The molecule has 0 saturated heterocycles. The molecule has 6 heteroatoms. The van der Waals surface area contributed by atoms with Crippen LogP contribution in [0.1, 0.15) is 29.9 Å². The second-order valence-electron chi connectivity index (χ2n) is 5.45. The van der Waals surface area contributed by atoms with Crippen LogP contribution in [0.2, 0.25) is 0 Å². The number of amides is 1. The van der Waals surface area contributed by atoms with E-state index in [-0.39, 0.29) is 24.2 Å². The number of carbonyl (C=O) groups is 2. The highest BCUT2D eigenvalue weighted by molar-refractivity contribution is 5.95. The normalized spacial score (nSPS) is 10.7. The summed E-state index contributed by atoms with van der Waals surface area (Å²) in [4.78, 5) is 24.6. The number of rotatable bonds is 5. The standard InChI is InChI=1S/C16H19N3O3/c1-10(2)19(9-15(20)21)16(22)14-8-13(17-18-14)12-6-4-11(3)5-7-12/h4-8,10H,9H2,1-3H3,(H,17,18)(H,20,21). The van der Waals surface area contributed by atoms with Gasteiger partial charge in [-0.05, 0) is 26.8 Å². The molecule has 0 saturated carbocycles. The number of carboxylic acid groups (broad SMARTS) is 1. The Morgan fingerprint density at radius 1 is 1.27 bits per heavy atom. The summed E-state index contributed by atoms with van der Waals surface area (Å²) in [6.07, 6.45) is 0. The number of carboxylic acids is 1. The third-order valence-corrected chi connectivity index (χ3v) is 3.35. The highest BCUT2D eigenvalue weighted by atomic mass is 16.4. The molecule has 116 valence electrons. The molecule has 1 heterocycles. The van der Waals surface area contributed by atoms with Crippen molar-refractivity contribution in [3.8, 4) is 11.3 Å². The lowest BCUT2D eigenvalue weighted by Gasteiger charge is -2.23. The van der Waals surface area contributed by atoms with Crippen LogP contribution in [0.25, 0.3) is 11.3 Å². The molecule has 1 aromatic carbocycles. The van der Waals surface area contributed by atoms with Crippen LogP contribution in [0.3, 0.4) is 0 Å². The predicted molar refractivity (Wildman–Crippen MR) is 82.6 cm³/mol. The zero-order chi connectivity index (χ0) is 16.3. The number of H-pyrrole nitrogens is 1. The molecule has 0 spiro atoms. The summed E-state index contributed by atoms with van der Waals surface area (Å²) in [6.45, 7) is 5.21. The zero-order valence-electron chi connectivity index (χ0n) is 12.8. The number of benzene rings is 1. The second-order valence-corrected chi connectivity index (χ2v) is 5.45. The van der Waals surface area contributed by atoms with Gasteiger partial charge in [0.15, 0.2) is 0 Å². The van der Waals surface area contributed by atoms with Crippen LogP contribution < -0.4 is 0 Å². The molecule has 0 aliphatic rings. The van der Waals surface area contributed by atoms with Gasteiger partial charge in [-0.2, -0.15) is 5.10 Å². The summed E-state index contributed by atoms with van der Waals surface area (Å²) in [5.74, 6) is -1.41. The van der Waals surface area contributed by atoms with Gasteiger partial charge in [0.05, 0.1) is 5.69 Å². The minimum absolute atomic E-state index is 0.213. The maximum Gasteiger partial charge on any atom is 0.323 e. The van der Waals surface area contributed by atoms with E-state index < -0.39 is 5.97 Å². The van der Waals surface area contributed by atoms with Gasteiger partial charge in [-0.25, -0.2) is 0 Å². The van der Waals surface area contributed by atoms with E-state index in [1.165, 1.54) is 4.90 Å². The molecule has 2 aromatic rings. The first-order valence-electron chi connectivity index (χ1n) is 7.03. The summed E-state index contributed by atoms with van der Waals surface area (Å²) in [5.41, 5.74) is 2.98. The molecule has 1 aromatic heterocycles. The van der Waals surface area contributed by atoms with Gasteiger partial charge in [0, 0.05) is 11.6 Å². The molecule has 1 amide bonds. The van der Waals surface area contributed by atoms with Crippen LogP contribution in [-0.2, 0) is 4.79 Å². The van der Waals surface area contributed by atoms with Gasteiger partial charge in [0.25, 0.3) is 5.91 Å². The minimum Gasteiger partial charge on any atom is -0.480 e. The maximum atomic E-state index is 12.4. The molecule has 0 bridgehead atoms. The van der Waals surface area contributed by atoms with Crippen molar-refractivity contribution >= 4 is 11.9 Å². The summed E-state index contributed by atoms with van der Waals surface area (Å²) < 4.78 is 0. The van der Waals surface area contributed by atoms with Gasteiger partial charge < -0.3 is 10.0 Å². The average Bonchev–Trinajstić information content (AvgIpc) is 2.94. The van der Waals surface area contributed by atoms with Gasteiger partial charge in [0.2, 0.25) is 0 Å². The lowest BCUT2D eigenvalue weighted by Crippen LogP contribution is -2.40. The highest BCUT2D eigenvalue weighted by Crippen LogP contribution is 2.19. The summed E-state index contributed by atoms with van der Waals surface area (Å²) in [6, 6.07) is 9.22. The van der Waals surface area contributed by atoms with Crippen LogP contribution >= 0.6 is 0 Å². The first-order chi connectivity index (χ1) is 10.4. The van der Waals surface area contributed by atoms with Crippen molar-refractivity contribution in [2.75, 3.05) is 6.54 Å². The molecule has 0 aliphatic heterocycles. The van der Waals surface area contributed by atoms with Gasteiger partial charge in [-0.3, -0.25) is 14.7 Å². The number of hydrogen-bond acceptors (Lipinski definition) is 3. The third kappa shape index (κ3) is 3.52. The summed E-state index contributed by atoms with van der Waals surface area (Å²) >= 11 is 0. The Morgan fingerprint density at radius 2 is 1.91 bits per heavy atom. The molecule has 6 nitrogen and oxygen atoms in total. The summed E-state index contributed by atoms with van der Waals surface area (Å²) in [7, 11) is 0. The minimum atomic E-state index is -1.04. The first kappa shape index (κ1) is 15.8. The number of aromatic amines is 1. The predicted octanol–water partition coefficient (Wildman–Crippen LogP) is 2.32. The molecule has 0 fully saturated rings. The van der Waals surface area contributed by atoms with Gasteiger partial charge in [-0.15, -0.1) is 0 Å². The SMILES string of the molecule is Cc1ccc(-c2cc(C(=O)N(CC(=O)O)C(C)C)[nH]n2)cc1. The van der Waals surface area contributed by atoms with Crippen LogP contribution in [0.4, 0.5) is 0 Å². The lowest BCUT2D eigenvalue weighted by molar-refractivity contribution is -0.138. The fourth-order valence-electron chi connectivity index (χ4n) is 2.09. The fraction of sp³-hybridized carbons (Fsp3) is 0.312.